The molecule has 0 aliphatic rings. The SMILES string of the molecule is NC(c1ccccc1)C(N)c1cc(-c2cc(F)c(OC(F)F)c(F)c2)ncn1. The fraction of sp³-hybridized carbons (Fsp3) is 0.158. The van der Waals surface area contributed by atoms with Crippen molar-refractivity contribution in [1.82, 2.24) is 9.97 Å². The van der Waals surface area contributed by atoms with Gasteiger partial charge in [0.15, 0.2) is 17.4 Å². The van der Waals surface area contributed by atoms with Gasteiger partial charge in [-0.2, -0.15) is 8.78 Å². The minimum Gasteiger partial charge on any atom is -0.429 e. The van der Waals surface area contributed by atoms with Gasteiger partial charge in [-0.15, -0.1) is 0 Å². The van der Waals surface area contributed by atoms with Crippen LogP contribution >= 0.6 is 0 Å². The molecule has 3 rings (SSSR count). The van der Waals surface area contributed by atoms with Crippen LogP contribution in [0.25, 0.3) is 11.3 Å². The zero-order valence-electron chi connectivity index (χ0n) is 14.4. The highest BCUT2D eigenvalue weighted by atomic mass is 19.3. The number of nitrogens with two attached hydrogens (primary N) is 2. The van der Waals surface area contributed by atoms with Crippen molar-refractivity contribution < 1.29 is 22.3 Å². The van der Waals surface area contributed by atoms with E-state index in [0.29, 0.717) is 5.69 Å². The van der Waals surface area contributed by atoms with E-state index in [2.05, 4.69) is 14.7 Å². The number of hydrogen-bond donors (Lipinski definition) is 2. The van der Waals surface area contributed by atoms with Gasteiger partial charge in [-0.1, -0.05) is 30.3 Å². The van der Waals surface area contributed by atoms with Gasteiger partial charge in [-0.05, 0) is 23.8 Å². The van der Waals surface area contributed by atoms with Crippen molar-refractivity contribution in [3.05, 3.63) is 77.8 Å². The van der Waals surface area contributed by atoms with Crippen molar-refractivity contribution >= 4 is 0 Å². The summed E-state index contributed by atoms with van der Waals surface area (Å²) < 4.78 is 56.3. The van der Waals surface area contributed by atoms with Crippen molar-refractivity contribution in [2.45, 2.75) is 18.7 Å². The molecule has 0 saturated heterocycles. The summed E-state index contributed by atoms with van der Waals surface area (Å²) in [5.74, 6) is -3.71. The fourth-order valence-electron chi connectivity index (χ4n) is 2.69. The Morgan fingerprint density at radius 2 is 1.50 bits per heavy atom. The molecule has 0 spiro atoms. The molecule has 0 bridgehead atoms. The van der Waals surface area contributed by atoms with Crippen LogP contribution in [-0.2, 0) is 0 Å². The van der Waals surface area contributed by atoms with E-state index in [4.69, 9.17) is 11.5 Å². The van der Waals surface area contributed by atoms with E-state index in [9.17, 15) is 17.6 Å². The maximum Gasteiger partial charge on any atom is 0.387 e. The number of rotatable bonds is 6. The number of nitrogens with zero attached hydrogens (tertiary/aromatic N) is 2. The second kappa shape index (κ2) is 8.32. The van der Waals surface area contributed by atoms with Crippen LogP contribution in [0.1, 0.15) is 23.3 Å². The maximum atomic E-state index is 14.0. The molecule has 0 fully saturated rings. The van der Waals surface area contributed by atoms with E-state index in [1.807, 2.05) is 30.3 Å². The molecule has 2 aromatic carbocycles. The summed E-state index contributed by atoms with van der Waals surface area (Å²) in [6, 6.07) is 11.0. The van der Waals surface area contributed by atoms with E-state index >= 15 is 0 Å². The molecule has 3 aromatic rings. The van der Waals surface area contributed by atoms with E-state index in [0.717, 1.165) is 17.7 Å². The average molecular weight is 392 g/mol. The third kappa shape index (κ3) is 4.26. The molecule has 28 heavy (non-hydrogen) atoms. The summed E-state index contributed by atoms with van der Waals surface area (Å²) in [5.41, 5.74) is 13.7. The Labute approximate surface area is 158 Å². The van der Waals surface area contributed by atoms with Crippen LogP contribution < -0.4 is 16.2 Å². The zero-order chi connectivity index (χ0) is 20.3. The Morgan fingerprint density at radius 3 is 2.11 bits per heavy atom. The summed E-state index contributed by atoms with van der Waals surface area (Å²) >= 11 is 0. The van der Waals surface area contributed by atoms with Crippen LogP contribution in [-0.4, -0.2) is 16.6 Å². The molecule has 0 radical (unpaired) electrons. The number of alkyl halides is 2. The molecule has 5 nitrogen and oxygen atoms in total. The first kappa shape index (κ1) is 19.7. The maximum absolute atomic E-state index is 14.0. The van der Waals surface area contributed by atoms with Gasteiger partial charge in [0, 0.05) is 5.56 Å². The monoisotopic (exact) mass is 392 g/mol. The van der Waals surface area contributed by atoms with E-state index in [-0.39, 0.29) is 11.3 Å². The number of halogens is 4. The van der Waals surface area contributed by atoms with E-state index in [1.54, 1.807) is 0 Å². The van der Waals surface area contributed by atoms with Crippen molar-refractivity contribution in [2.75, 3.05) is 0 Å². The molecule has 146 valence electrons. The molecular formula is C19H16F4N4O. The van der Waals surface area contributed by atoms with Gasteiger partial charge >= 0.3 is 6.61 Å². The van der Waals surface area contributed by atoms with E-state index < -0.39 is 36.1 Å². The zero-order valence-corrected chi connectivity index (χ0v) is 14.4. The highest BCUT2D eigenvalue weighted by Crippen LogP contribution is 2.30. The Bertz CT molecular complexity index is 933. The van der Waals surface area contributed by atoms with Crippen molar-refractivity contribution in [2.24, 2.45) is 11.5 Å². The van der Waals surface area contributed by atoms with Crippen LogP contribution in [0.2, 0.25) is 0 Å². The van der Waals surface area contributed by atoms with Gasteiger partial charge in [-0.3, -0.25) is 0 Å². The molecule has 9 heteroatoms. The van der Waals surface area contributed by atoms with Crippen molar-refractivity contribution in [1.29, 1.82) is 0 Å². The summed E-state index contributed by atoms with van der Waals surface area (Å²) in [5, 5.41) is 0. The Morgan fingerprint density at radius 1 is 0.857 bits per heavy atom. The van der Waals surface area contributed by atoms with Crippen molar-refractivity contribution in [3.63, 3.8) is 0 Å². The lowest BCUT2D eigenvalue weighted by Crippen LogP contribution is -2.27. The number of ether oxygens (including phenoxy) is 1. The molecule has 0 saturated carbocycles. The highest BCUT2D eigenvalue weighted by molar-refractivity contribution is 5.61. The second-order valence-corrected chi connectivity index (χ2v) is 5.94. The Hall–Kier alpha value is -3.04. The first-order valence-electron chi connectivity index (χ1n) is 8.19. The van der Waals surface area contributed by atoms with Crippen LogP contribution in [0.3, 0.4) is 0 Å². The third-order valence-electron chi connectivity index (χ3n) is 4.10. The Balaban J connectivity index is 1.91. The lowest BCUT2D eigenvalue weighted by molar-refractivity contribution is -0.0546. The number of aromatic nitrogens is 2. The largest absolute Gasteiger partial charge is 0.429 e. The average Bonchev–Trinajstić information content (AvgIpc) is 2.70. The van der Waals surface area contributed by atoms with Gasteiger partial charge in [0.05, 0.1) is 23.5 Å². The van der Waals surface area contributed by atoms with E-state index in [1.165, 1.54) is 12.4 Å². The van der Waals surface area contributed by atoms with Gasteiger partial charge in [0.25, 0.3) is 0 Å². The summed E-state index contributed by atoms with van der Waals surface area (Å²) in [6.45, 7) is -3.35. The lowest BCUT2D eigenvalue weighted by Gasteiger charge is -2.20. The van der Waals surface area contributed by atoms with Crippen LogP contribution in [0.5, 0.6) is 5.75 Å². The minimum atomic E-state index is -3.35. The fourth-order valence-corrected chi connectivity index (χ4v) is 2.69. The molecule has 2 atom stereocenters. The summed E-state index contributed by atoms with van der Waals surface area (Å²) in [7, 11) is 0. The molecule has 1 heterocycles. The van der Waals surface area contributed by atoms with Gasteiger partial charge in [0.1, 0.15) is 6.33 Å². The quantitative estimate of drug-likeness (QED) is 0.625. The normalized spacial score (nSPS) is 13.4. The second-order valence-electron chi connectivity index (χ2n) is 5.94. The van der Waals surface area contributed by atoms with Crippen LogP contribution in [0.15, 0.2) is 54.9 Å². The topological polar surface area (TPSA) is 87.0 Å². The predicted octanol–water partition coefficient (Wildman–Crippen LogP) is 3.72. The summed E-state index contributed by atoms with van der Waals surface area (Å²) in [6.07, 6.45) is 1.18. The predicted molar refractivity (Wildman–Crippen MR) is 94.3 cm³/mol. The molecule has 0 aliphatic heterocycles. The third-order valence-corrected chi connectivity index (χ3v) is 4.10. The molecule has 0 amide bonds. The smallest absolute Gasteiger partial charge is 0.387 e. The molecule has 0 aliphatic carbocycles. The number of hydrogen-bond acceptors (Lipinski definition) is 5. The first-order valence-corrected chi connectivity index (χ1v) is 8.19. The molecular weight excluding hydrogens is 376 g/mol. The number of benzene rings is 2. The van der Waals surface area contributed by atoms with Gasteiger partial charge < -0.3 is 16.2 Å². The van der Waals surface area contributed by atoms with Crippen LogP contribution in [0, 0.1) is 11.6 Å². The van der Waals surface area contributed by atoms with Crippen LogP contribution in [0.4, 0.5) is 17.6 Å². The standard InChI is InChI=1S/C19H16F4N4O/c20-12-6-11(7-13(21)18(12)28-19(22)23)14-8-15(27-9-26-14)17(25)16(24)10-4-2-1-3-5-10/h1-9,16-17,19H,24-25H2. The Kier molecular flexibility index (Phi) is 5.86. The van der Waals surface area contributed by atoms with Gasteiger partial charge in [-0.25, -0.2) is 18.7 Å². The minimum absolute atomic E-state index is 0.0146. The summed E-state index contributed by atoms with van der Waals surface area (Å²) in [4.78, 5) is 8.05. The molecule has 1 aromatic heterocycles. The van der Waals surface area contributed by atoms with Gasteiger partial charge in [0.2, 0.25) is 0 Å². The molecule has 4 N–H and O–H groups in total. The first-order chi connectivity index (χ1) is 13.4. The highest BCUT2D eigenvalue weighted by Gasteiger charge is 2.21. The molecule has 2 unspecified atom stereocenters. The van der Waals surface area contributed by atoms with Crippen molar-refractivity contribution in [3.8, 4) is 17.0 Å². The lowest BCUT2D eigenvalue weighted by atomic mass is 9.97.